The normalized spacial score (nSPS) is 18.9. The molecule has 220 valence electrons. The van der Waals surface area contributed by atoms with Crippen LogP contribution in [0.15, 0.2) is 47.4 Å². The molecule has 9 nitrogen and oxygen atoms in total. The van der Waals surface area contributed by atoms with Gasteiger partial charge in [-0.1, -0.05) is 24.6 Å². The number of alkyl halides is 3. The minimum Gasteiger partial charge on any atom is -0.488 e. The van der Waals surface area contributed by atoms with Crippen LogP contribution >= 0.6 is 0 Å². The van der Waals surface area contributed by atoms with E-state index in [9.17, 15) is 36.3 Å². The molecule has 2 N–H and O–H groups in total. The summed E-state index contributed by atoms with van der Waals surface area (Å²) in [5.74, 6) is -1.62. The maximum Gasteiger partial charge on any atom is 0.389 e. The van der Waals surface area contributed by atoms with Gasteiger partial charge in [0, 0.05) is 31.6 Å². The van der Waals surface area contributed by atoms with Gasteiger partial charge in [0.25, 0.3) is 5.91 Å². The molecule has 0 aliphatic carbocycles. The number of carbonyl (C=O) groups is 2. The number of aliphatic hydroxyl groups excluding tert-OH is 1. The van der Waals surface area contributed by atoms with Gasteiger partial charge in [0.05, 0.1) is 36.1 Å². The number of halogens is 3. The topological polar surface area (TPSA) is 116 Å². The Morgan fingerprint density at radius 3 is 2.48 bits per heavy atom. The standard InChI is InChI=1S/C27H34F3N3O6S/c1-17-5-8-21(9-6-17)40(37,38)32(4)15-24-18(2)14-33(19(3)16-34)26(36)22-13-20(7-10-23(22)39-24)31-25(35)11-12-27(28,29)30/h5-10,13,18-19,24,34H,11-12,14-16H2,1-4H3,(H,31,35)/t18-,19+,24+/m1/s1. The molecule has 1 heterocycles. The van der Waals surface area contributed by atoms with Crippen molar-refractivity contribution in [2.45, 2.75) is 56.8 Å². The summed E-state index contributed by atoms with van der Waals surface area (Å²) in [4.78, 5) is 27.1. The fraction of sp³-hybridized carbons (Fsp3) is 0.481. The van der Waals surface area contributed by atoms with Crippen LogP contribution in [0.1, 0.15) is 42.6 Å². The van der Waals surface area contributed by atoms with E-state index < -0.39 is 53.0 Å². The van der Waals surface area contributed by atoms with Crippen molar-refractivity contribution in [3.05, 3.63) is 53.6 Å². The second-order valence-corrected chi connectivity index (χ2v) is 12.1. The summed E-state index contributed by atoms with van der Waals surface area (Å²) in [7, 11) is -2.42. The van der Waals surface area contributed by atoms with Gasteiger partial charge < -0.3 is 20.1 Å². The minimum atomic E-state index is -4.49. The molecule has 0 aromatic heterocycles. The molecule has 0 saturated carbocycles. The molecule has 3 rings (SSSR count). The Bertz CT molecular complexity index is 1320. The lowest BCUT2D eigenvalue weighted by atomic mass is 9.99. The third-order valence-corrected chi connectivity index (χ3v) is 8.59. The minimum absolute atomic E-state index is 0.0230. The lowest BCUT2D eigenvalue weighted by molar-refractivity contribution is -0.142. The number of benzene rings is 2. The number of amides is 2. The van der Waals surface area contributed by atoms with Crippen LogP contribution in [0, 0.1) is 12.8 Å². The number of anilines is 1. The molecule has 1 aliphatic rings. The number of hydrogen-bond donors (Lipinski definition) is 2. The van der Waals surface area contributed by atoms with E-state index in [0.717, 1.165) is 5.56 Å². The van der Waals surface area contributed by atoms with Crippen molar-refractivity contribution in [1.29, 1.82) is 0 Å². The highest BCUT2D eigenvalue weighted by Crippen LogP contribution is 2.31. The Balaban J connectivity index is 1.91. The van der Waals surface area contributed by atoms with Crippen molar-refractivity contribution in [1.82, 2.24) is 9.21 Å². The second kappa shape index (κ2) is 12.6. The molecular weight excluding hydrogens is 551 g/mol. The predicted molar refractivity (Wildman–Crippen MR) is 143 cm³/mol. The molecule has 0 saturated heterocycles. The number of rotatable bonds is 9. The summed E-state index contributed by atoms with van der Waals surface area (Å²) in [5, 5.41) is 12.2. The third-order valence-electron chi connectivity index (χ3n) is 6.75. The number of nitrogens with zero attached hydrogens (tertiary/aromatic N) is 2. The highest BCUT2D eigenvalue weighted by atomic mass is 32.2. The molecule has 0 unspecified atom stereocenters. The number of aryl methyl sites for hydroxylation is 1. The Morgan fingerprint density at radius 2 is 1.88 bits per heavy atom. The first-order valence-electron chi connectivity index (χ1n) is 12.7. The van der Waals surface area contributed by atoms with Gasteiger partial charge in [0.2, 0.25) is 15.9 Å². The number of ether oxygens (including phenoxy) is 1. The second-order valence-electron chi connectivity index (χ2n) is 10.1. The first-order valence-corrected chi connectivity index (χ1v) is 14.2. The summed E-state index contributed by atoms with van der Waals surface area (Å²) >= 11 is 0. The zero-order valence-corrected chi connectivity index (χ0v) is 23.6. The van der Waals surface area contributed by atoms with Crippen LogP contribution in [-0.2, 0) is 14.8 Å². The molecule has 0 fully saturated rings. The highest BCUT2D eigenvalue weighted by Gasteiger charge is 2.35. The monoisotopic (exact) mass is 585 g/mol. The fourth-order valence-corrected chi connectivity index (χ4v) is 5.42. The Labute approximate surface area is 232 Å². The van der Waals surface area contributed by atoms with E-state index in [1.807, 2.05) is 13.8 Å². The zero-order valence-electron chi connectivity index (χ0n) is 22.7. The van der Waals surface area contributed by atoms with Crippen LogP contribution in [0.5, 0.6) is 5.75 Å². The van der Waals surface area contributed by atoms with E-state index >= 15 is 0 Å². The van der Waals surface area contributed by atoms with E-state index in [1.54, 1.807) is 19.1 Å². The molecule has 2 aromatic rings. The van der Waals surface area contributed by atoms with Crippen LogP contribution in [0.2, 0.25) is 0 Å². The van der Waals surface area contributed by atoms with Gasteiger partial charge in [-0.2, -0.15) is 17.5 Å². The van der Waals surface area contributed by atoms with Crippen molar-refractivity contribution in [2.24, 2.45) is 5.92 Å². The smallest absolute Gasteiger partial charge is 0.389 e. The van der Waals surface area contributed by atoms with E-state index in [2.05, 4.69) is 5.32 Å². The maximum absolute atomic E-state index is 13.5. The summed E-state index contributed by atoms with van der Waals surface area (Å²) in [6.45, 7) is 5.05. The van der Waals surface area contributed by atoms with E-state index in [0.29, 0.717) is 0 Å². The van der Waals surface area contributed by atoms with Gasteiger partial charge in [0.1, 0.15) is 11.9 Å². The van der Waals surface area contributed by atoms with Gasteiger partial charge >= 0.3 is 6.18 Å². The zero-order chi connectivity index (χ0) is 29.8. The molecule has 3 atom stereocenters. The number of hydrogen-bond acceptors (Lipinski definition) is 6. The molecule has 0 radical (unpaired) electrons. The van der Waals surface area contributed by atoms with Crippen LogP contribution in [0.4, 0.5) is 18.9 Å². The van der Waals surface area contributed by atoms with Crippen molar-refractivity contribution >= 4 is 27.5 Å². The number of aliphatic hydroxyl groups is 1. The quantitative estimate of drug-likeness (QED) is 0.463. The summed E-state index contributed by atoms with van der Waals surface area (Å²) < 4.78 is 71.3. The van der Waals surface area contributed by atoms with Gasteiger partial charge in [-0.3, -0.25) is 9.59 Å². The Kier molecular flexibility index (Phi) is 9.85. The average molecular weight is 586 g/mol. The molecule has 2 amide bonds. The van der Waals surface area contributed by atoms with Gasteiger partial charge in [-0.15, -0.1) is 0 Å². The lowest BCUT2D eigenvalue weighted by Crippen LogP contribution is -2.50. The van der Waals surface area contributed by atoms with Crippen LogP contribution in [-0.4, -0.2) is 79.6 Å². The van der Waals surface area contributed by atoms with Crippen LogP contribution in [0.25, 0.3) is 0 Å². The predicted octanol–water partition coefficient (Wildman–Crippen LogP) is 3.82. The van der Waals surface area contributed by atoms with Crippen molar-refractivity contribution < 1.29 is 41.0 Å². The largest absolute Gasteiger partial charge is 0.488 e. The van der Waals surface area contributed by atoms with Crippen molar-refractivity contribution in [3.63, 3.8) is 0 Å². The molecule has 1 aliphatic heterocycles. The number of nitrogens with one attached hydrogen (secondary N) is 1. The van der Waals surface area contributed by atoms with Gasteiger partial charge in [-0.05, 0) is 44.2 Å². The molecule has 40 heavy (non-hydrogen) atoms. The first-order chi connectivity index (χ1) is 18.6. The van der Waals surface area contributed by atoms with E-state index in [4.69, 9.17) is 4.74 Å². The fourth-order valence-electron chi connectivity index (χ4n) is 4.24. The molecule has 2 aromatic carbocycles. The maximum atomic E-state index is 13.5. The molecular formula is C27H34F3N3O6S. The first kappa shape index (κ1) is 31.4. The number of fused-ring (bicyclic) bond motifs is 1. The lowest BCUT2D eigenvalue weighted by Gasteiger charge is -2.38. The molecule has 0 bridgehead atoms. The van der Waals surface area contributed by atoms with E-state index in [1.165, 1.54) is 46.6 Å². The molecule has 13 heteroatoms. The van der Waals surface area contributed by atoms with Crippen molar-refractivity contribution in [2.75, 3.05) is 32.1 Å². The van der Waals surface area contributed by atoms with E-state index in [-0.39, 0.29) is 47.5 Å². The number of carbonyl (C=O) groups excluding carboxylic acids is 2. The average Bonchev–Trinajstić information content (AvgIpc) is 2.89. The third kappa shape index (κ3) is 7.73. The highest BCUT2D eigenvalue weighted by molar-refractivity contribution is 7.89. The summed E-state index contributed by atoms with van der Waals surface area (Å²) in [5.41, 5.74) is 1.03. The van der Waals surface area contributed by atoms with Crippen LogP contribution < -0.4 is 10.1 Å². The van der Waals surface area contributed by atoms with Crippen LogP contribution in [0.3, 0.4) is 0 Å². The Hall–Kier alpha value is -3.16. The molecule has 0 spiro atoms. The SMILES string of the molecule is Cc1ccc(S(=O)(=O)N(C)C[C@@H]2Oc3ccc(NC(=O)CCC(F)(F)F)cc3C(=O)N([C@@H](C)CO)C[C@H]2C)cc1. The summed E-state index contributed by atoms with van der Waals surface area (Å²) in [6.07, 6.45) is -7.26. The number of likely N-dealkylation sites (N-methyl/N-ethyl adjacent to an activating group) is 1. The van der Waals surface area contributed by atoms with Crippen molar-refractivity contribution in [3.8, 4) is 5.75 Å². The number of sulfonamides is 1. The Morgan fingerprint density at radius 1 is 1.23 bits per heavy atom. The summed E-state index contributed by atoms with van der Waals surface area (Å²) in [6, 6.07) is 9.96. The van der Waals surface area contributed by atoms with Gasteiger partial charge in [-0.25, -0.2) is 8.42 Å². The van der Waals surface area contributed by atoms with Gasteiger partial charge in [0.15, 0.2) is 0 Å².